The van der Waals surface area contributed by atoms with Gasteiger partial charge < -0.3 is 10.0 Å². The minimum Gasteiger partial charge on any atom is -0.390 e. The van der Waals surface area contributed by atoms with Gasteiger partial charge >= 0.3 is 0 Å². The van der Waals surface area contributed by atoms with Gasteiger partial charge in [-0.25, -0.2) is 4.98 Å². The largest absolute Gasteiger partial charge is 0.390 e. The zero-order chi connectivity index (χ0) is 11.6. The monoisotopic (exact) mass is 220 g/mol. The fourth-order valence-electron chi connectivity index (χ4n) is 2.36. The van der Waals surface area contributed by atoms with Crippen LogP contribution in [0.4, 0.5) is 5.82 Å². The quantitative estimate of drug-likeness (QED) is 0.829. The molecular weight excluding hydrogens is 200 g/mol. The van der Waals surface area contributed by atoms with Crippen molar-refractivity contribution in [3.63, 3.8) is 0 Å². The summed E-state index contributed by atoms with van der Waals surface area (Å²) in [6.45, 7) is 5.81. The number of hydrogen-bond donors (Lipinski definition) is 1. The lowest BCUT2D eigenvalue weighted by molar-refractivity contribution is 0.00646. The minimum absolute atomic E-state index is 0.410. The van der Waals surface area contributed by atoms with E-state index in [1.807, 2.05) is 38.2 Å². The molecule has 0 spiro atoms. The molecule has 1 saturated heterocycles. The van der Waals surface area contributed by atoms with Crippen LogP contribution in [0.25, 0.3) is 0 Å². The van der Waals surface area contributed by atoms with Gasteiger partial charge in [-0.15, -0.1) is 0 Å². The molecular formula is C13H20N2O. The highest BCUT2D eigenvalue weighted by Gasteiger charge is 2.30. The van der Waals surface area contributed by atoms with Crippen LogP contribution < -0.4 is 4.90 Å². The Kier molecular flexibility index (Phi) is 3.15. The standard InChI is InChI=1S/C13H20N2O/c1-13(2,16)11-6-9-15(10-7-11)12-5-3-4-8-14-12/h3-5,8,11,16H,6-7,9-10H2,1-2H3. The van der Waals surface area contributed by atoms with Gasteiger partial charge in [0.05, 0.1) is 5.60 Å². The van der Waals surface area contributed by atoms with Gasteiger partial charge in [0, 0.05) is 19.3 Å². The summed E-state index contributed by atoms with van der Waals surface area (Å²) in [6, 6.07) is 6.00. The first-order valence-corrected chi connectivity index (χ1v) is 5.96. The number of nitrogens with zero attached hydrogens (tertiary/aromatic N) is 2. The van der Waals surface area contributed by atoms with Crippen LogP contribution in [0.1, 0.15) is 26.7 Å². The third-order valence-corrected chi connectivity index (χ3v) is 3.47. The number of aromatic nitrogens is 1. The van der Waals surface area contributed by atoms with Crippen molar-refractivity contribution in [2.45, 2.75) is 32.3 Å². The molecule has 16 heavy (non-hydrogen) atoms. The Morgan fingerprint density at radius 2 is 2.00 bits per heavy atom. The molecule has 0 unspecified atom stereocenters. The molecule has 0 amide bonds. The Morgan fingerprint density at radius 3 is 2.50 bits per heavy atom. The van der Waals surface area contributed by atoms with Crippen molar-refractivity contribution in [1.82, 2.24) is 4.98 Å². The van der Waals surface area contributed by atoms with Gasteiger partial charge in [0.25, 0.3) is 0 Å². The molecule has 1 N–H and O–H groups in total. The zero-order valence-corrected chi connectivity index (χ0v) is 10.1. The molecule has 3 nitrogen and oxygen atoms in total. The van der Waals surface area contributed by atoms with E-state index in [-0.39, 0.29) is 0 Å². The molecule has 2 rings (SSSR count). The van der Waals surface area contributed by atoms with Gasteiger partial charge in [-0.3, -0.25) is 0 Å². The molecule has 0 atom stereocenters. The van der Waals surface area contributed by atoms with Crippen LogP contribution in [0.2, 0.25) is 0 Å². The molecule has 0 bridgehead atoms. The van der Waals surface area contributed by atoms with Crippen molar-refractivity contribution in [3.8, 4) is 0 Å². The summed E-state index contributed by atoms with van der Waals surface area (Å²) >= 11 is 0. The number of anilines is 1. The predicted molar refractivity (Wildman–Crippen MR) is 65.5 cm³/mol. The van der Waals surface area contributed by atoms with E-state index in [1.165, 1.54) is 0 Å². The fraction of sp³-hybridized carbons (Fsp3) is 0.615. The maximum atomic E-state index is 9.97. The van der Waals surface area contributed by atoms with Crippen molar-refractivity contribution in [1.29, 1.82) is 0 Å². The number of pyridine rings is 1. The van der Waals surface area contributed by atoms with Gasteiger partial charge in [-0.1, -0.05) is 6.07 Å². The van der Waals surface area contributed by atoms with Crippen LogP contribution in [0.5, 0.6) is 0 Å². The summed E-state index contributed by atoms with van der Waals surface area (Å²) < 4.78 is 0. The van der Waals surface area contributed by atoms with E-state index in [1.54, 1.807) is 0 Å². The Labute approximate surface area is 97.1 Å². The lowest BCUT2D eigenvalue weighted by Gasteiger charge is -2.38. The maximum absolute atomic E-state index is 9.97. The second-order valence-electron chi connectivity index (χ2n) is 5.10. The first-order chi connectivity index (χ1) is 7.57. The van der Waals surface area contributed by atoms with Crippen molar-refractivity contribution in [3.05, 3.63) is 24.4 Å². The van der Waals surface area contributed by atoms with Gasteiger partial charge in [0.15, 0.2) is 0 Å². The van der Waals surface area contributed by atoms with E-state index in [4.69, 9.17) is 0 Å². The molecule has 0 radical (unpaired) electrons. The van der Waals surface area contributed by atoms with Gasteiger partial charge in [0.1, 0.15) is 5.82 Å². The van der Waals surface area contributed by atoms with Crippen molar-refractivity contribution in [2.24, 2.45) is 5.92 Å². The third-order valence-electron chi connectivity index (χ3n) is 3.47. The average Bonchev–Trinajstić information content (AvgIpc) is 2.29. The summed E-state index contributed by atoms with van der Waals surface area (Å²) in [5.41, 5.74) is -0.545. The number of rotatable bonds is 2. The molecule has 1 aromatic rings. The maximum Gasteiger partial charge on any atom is 0.128 e. The highest BCUT2D eigenvalue weighted by atomic mass is 16.3. The number of hydrogen-bond acceptors (Lipinski definition) is 3. The van der Waals surface area contributed by atoms with E-state index in [0.29, 0.717) is 5.92 Å². The molecule has 1 aliphatic heterocycles. The minimum atomic E-state index is -0.545. The second kappa shape index (κ2) is 4.42. The van der Waals surface area contributed by atoms with Crippen molar-refractivity contribution >= 4 is 5.82 Å². The highest BCUT2D eigenvalue weighted by Crippen LogP contribution is 2.29. The van der Waals surface area contributed by atoms with Gasteiger partial charge in [0.2, 0.25) is 0 Å². The first kappa shape index (κ1) is 11.4. The number of piperidine rings is 1. The molecule has 0 aromatic carbocycles. The normalized spacial score (nSPS) is 18.8. The first-order valence-electron chi connectivity index (χ1n) is 5.96. The smallest absolute Gasteiger partial charge is 0.128 e. The summed E-state index contributed by atoms with van der Waals surface area (Å²) in [5.74, 6) is 1.46. The van der Waals surface area contributed by atoms with Crippen molar-refractivity contribution in [2.75, 3.05) is 18.0 Å². The summed E-state index contributed by atoms with van der Waals surface area (Å²) in [5, 5.41) is 9.97. The van der Waals surface area contributed by atoms with Crippen LogP contribution in [0.3, 0.4) is 0 Å². The summed E-state index contributed by atoms with van der Waals surface area (Å²) in [4.78, 5) is 6.65. The molecule has 0 saturated carbocycles. The average molecular weight is 220 g/mol. The zero-order valence-electron chi connectivity index (χ0n) is 10.1. The van der Waals surface area contributed by atoms with Crippen LogP contribution in [0.15, 0.2) is 24.4 Å². The van der Waals surface area contributed by atoms with E-state index in [0.717, 1.165) is 31.7 Å². The van der Waals surface area contributed by atoms with E-state index in [2.05, 4.69) is 9.88 Å². The third kappa shape index (κ3) is 2.53. The van der Waals surface area contributed by atoms with Crippen molar-refractivity contribution < 1.29 is 5.11 Å². The molecule has 3 heteroatoms. The van der Waals surface area contributed by atoms with Crippen LogP contribution in [0, 0.1) is 5.92 Å². The fourth-order valence-corrected chi connectivity index (χ4v) is 2.36. The molecule has 1 aromatic heterocycles. The molecule has 88 valence electrons. The Balaban J connectivity index is 1.96. The molecule has 0 aliphatic carbocycles. The van der Waals surface area contributed by atoms with E-state index >= 15 is 0 Å². The lowest BCUT2D eigenvalue weighted by atomic mass is 9.83. The Hall–Kier alpha value is -1.09. The van der Waals surface area contributed by atoms with Crippen LogP contribution in [-0.2, 0) is 0 Å². The lowest BCUT2D eigenvalue weighted by Crippen LogP contribution is -2.42. The van der Waals surface area contributed by atoms with Crippen LogP contribution >= 0.6 is 0 Å². The summed E-state index contributed by atoms with van der Waals surface area (Å²) in [7, 11) is 0. The van der Waals surface area contributed by atoms with E-state index in [9.17, 15) is 5.11 Å². The predicted octanol–water partition coefficient (Wildman–Crippen LogP) is 2.07. The van der Waals surface area contributed by atoms with Gasteiger partial charge in [-0.05, 0) is 44.7 Å². The molecule has 2 heterocycles. The molecule has 1 fully saturated rings. The van der Waals surface area contributed by atoms with E-state index < -0.39 is 5.60 Å². The number of aliphatic hydroxyl groups is 1. The van der Waals surface area contributed by atoms with Crippen LogP contribution in [-0.4, -0.2) is 28.8 Å². The second-order valence-corrected chi connectivity index (χ2v) is 5.10. The Morgan fingerprint density at radius 1 is 1.31 bits per heavy atom. The summed E-state index contributed by atoms with van der Waals surface area (Å²) in [6.07, 6.45) is 3.91. The highest BCUT2D eigenvalue weighted by molar-refractivity contribution is 5.38. The van der Waals surface area contributed by atoms with Gasteiger partial charge in [-0.2, -0.15) is 0 Å². The SMILES string of the molecule is CC(C)(O)C1CCN(c2ccccn2)CC1. The molecule has 1 aliphatic rings. The topological polar surface area (TPSA) is 36.4 Å². The Bertz CT molecular complexity index is 324.